The van der Waals surface area contributed by atoms with Crippen molar-refractivity contribution in [2.75, 3.05) is 19.9 Å². The number of nitrogens with two attached hydrogens (primary N) is 1. The summed E-state index contributed by atoms with van der Waals surface area (Å²) in [6.07, 6.45) is 0. The van der Waals surface area contributed by atoms with Gasteiger partial charge in [0.05, 0.1) is 0 Å². The molecular formula is C14H21ClN2O3. The van der Waals surface area contributed by atoms with Crippen LogP contribution in [0.15, 0.2) is 18.2 Å². The molecule has 1 unspecified atom stereocenters. The topological polar surface area (TPSA) is 64.8 Å². The van der Waals surface area contributed by atoms with E-state index in [1.807, 2.05) is 32.0 Å². The first-order chi connectivity index (χ1) is 9.15. The molecule has 0 saturated heterocycles. The van der Waals surface area contributed by atoms with Gasteiger partial charge in [-0.3, -0.25) is 4.79 Å². The van der Waals surface area contributed by atoms with Crippen LogP contribution in [-0.2, 0) is 11.3 Å². The van der Waals surface area contributed by atoms with E-state index in [9.17, 15) is 4.79 Å². The molecule has 1 amide bonds. The molecule has 0 spiro atoms. The van der Waals surface area contributed by atoms with Crippen molar-refractivity contribution in [3.05, 3.63) is 23.8 Å². The fourth-order valence-corrected chi connectivity index (χ4v) is 2.02. The lowest BCUT2D eigenvalue weighted by molar-refractivity contribution is -0.135. The quantitative estimate of drug-likeness (QED) is 0.900. The molecule has 20 heavy (non-hydrogen) atoms. The van der Waals surface area contributed by atoms with Crippen LogP contribution in [0.2, 0.25) is 0 Å². The molecule has 1 atom stereocenters. The molecule has 0 saturated carbocycles. The second-order valence-electron chi connectivity index (χ2n) is 4.68. The van der Waals surface area contributed by atoms with E-state index in [1.165, 1.54) is 0 Å². The molecule has 1 aliphatic heterocycles. The summed E-state index contributed by atoms with van der Waals surface area (Å²) in [5.74, 6) is 1.44. The Morgan fingerprint density at radius 1 is 1.40 bits per heavy atom. The van der Waals surface area contributed by atoms with Crippen LogP contribution in [0.25, 0.3) is 0 Å². The molecule has 1 aromatic carbocycles. The van der Waals surface area contributed by atoms with Crippen LogP contribution >= 0.6 is 12.4 Å². The Bertz CT molecular complexity index is 468. The highest BCUT2D eigenvalue weighted by Crippen LogP contribution is 2.32. The van der Waals surface area contributed by atoms with E-state index in [0.29, 0.717) is 19.6 Å². The van der Waals surface area contributed by atoms with Crippen LogP contribution in [0, 0.1) is 5.92 Å². The van der Waals surface area contributed by atoms with Crippen LogP contribution in [0.4, 0.5) is 0 Å². The standard InChI is InChI=1S/C14H20N2O3.ClH/c1-3-16(14(17)10(2)7-15)8-11-4-5-12-13(6-11)19-9-18-12;/h4-6,10H,3,7-9,15H2,1-2H3;1H. The summed E-state index contributed by atoms with van der Waals surface area (Å²) >= 11 is 0. The zero-order chi connectivity index (χ0) is 13.8. The van der Waals surface area contributed by atoms with Crippen LogP contribution in [0.5, 0.6) is 11.5 Å². The number of rotatable bonds is 5. The van der Waals surface area contributed by atoms with Gasteiger partial charge in [-0.1, -0.05) is 13.0 Å². The lowest BCUT2D eigenvalue weighted by Crippen LogP contribution is -2.37. The van der Waals surface area contributed by atoms with Gasteiger partial charge in [0, 0.05) is 25.6 Å². The van der Waals surface area contributed by atoms with Gasteiger partial charge in [0.25, 0.3) is 0 Å². The molecule has 0 fully saturated rings. The third kappa shape index (κ3) is 3.55. The lowest BCUT2D eigenvalue weighted by Gasteiger charge is -2.24. The number of halogens is 1. The maximum Gasteiger partial charge on any atom is 0.231 e. The third-order valence-corrected chi connectivity index (χ3v) is 3.28. The van der Waals surface area contributed by atoms with Crippen molar-refractivity contribution in [2.24, 2.45) is 11.7 Å². The summed E-state index contributed by atoms with van der Waals surface area (Å²) in [5.41, 5.74) is 6.58. The number of hydrogen-bond donors (Lipinski definition) is 1. The smallest absolute Gasteiger partial charge is 0.231 e. The summed E-state index contributed by atoms with van der Waals surface area (Å²) in [7, 11) is 0. The van der Waals surface area contributed by atoms with Gasteiger partial charge >= 0.3 is 0 Å². The fourth-order valence-electron chi connectivity index (χ4n) is 2.02. The Labute approximate surface area is 125 Å². The van der Waals surface area contributed by atoms with Crippen LogP contribution in [0.3, 0.4) is 0 Å². The second-order valence-corrected chi connectivity index (χ2v) is 4.68. The Kier molecular flexibility index (Phi) is 6.10. The van der Waals surface area contributed by atoms with Gasteiger partial charge in [-0.25, -0.2) is 0 Å². The minimum absolute atomic E-state index is 0. The largest absolute Gasteiger partial charge is 0.454 e. The van der Waals surface area contributed by atoms with E-state index >= 15 is 0 Å². The van der Waals surface area contributed by atoms with Crippen LogP contribution in [0.1, 0.15) is 19.4 Å². The van der Waals surface area contributed by atoms with Crippen molar-refractivity contribution < 1.29 is 14.3 Å². The number of benzene rings is 1. The van der Waals surface area contributed by atoms with Crippen LogP contribution < -0.4 is 15.2 Å². The monoisotopic (exact) mass is 300 g/mol. The minimum atomic E-state index is -0.144. The predicted octanol–water partition coefficient (Wildman–Crippen LogP) is 1.78. The number of carbonyl (C=O) groups excluding carboxylic acids is 1. The number of amides is 1. The Hall–Kier alpha value is -1.46. The average molecular weight is 301 g/mol. The number of fused-ring (bicyclic) bond motifs is 1. The second kappa shape index (κ2) is 7.36. The normalized spacial score (nSPS) is 13.6. The van der Waals surface area contributed by atoms with E-state index in [2.05, 4.69) is 0 Å². The SMILES string of the molecule is CCN(Cc1ccc2c(c1)OCO2)C(=O)C(C)CN.Cl. The summed E-state index contributed by atoms with van der Waals surface area (Å²) in [6.45, 7) is 5.68. The summed E-state index contributed by atoms with van der Waals surface area (Å²) in [4.78, 5) is 13.9. The van der Waals surface area contributed by atoms with Gasteiger partial charge in [0.2, 0.25) is 12.7 Å². The third-order valence-electron chi connectivity index (χ3n) is 3.28. The Balaban J connectivity index is 0.00000200. The van der Waals surface area contributed by atoms with E-state index < -0.39 is 0 Å². The Morgan fingerprint density at radius 3 is 2.75 bits per heavy atom. The van der Waals surface area contributed by atoms with E-state index in [1.54, 1.807) is 4.90 Å². The maximum atomic E-state index is 12.1. The molecule has 1 heterocycles. The molecule has 1 aliphatic rings. The minimum Gasteiger partial charge on any atom is -0.454 e. The molecule has 5 nitrogen and oxygen atoms in total. The number of nitrogens with zero attached hydrogens (tertiary/aromatic N) is 1. The van der Waals surface area contributed by atoms with Crippen molar-refractivity contribution in [3.63, 3.8) is 0 Å². The number of hydrogen-bond acceptors (Lipinski definition) is 4. The first-order valence-electron chi connectivity index (χ1n) is 6.53. The van der Waals surface area contributed by atoms with Gasteiger partial charge in [-0.15, -0.1) is 12.4 Å². The fraction of sp³-hybridized carbons (Fsp3) is 0.500. The van der Waals surface area contributed by atoms with Gasteiger partial charge in [-0.2, -0.15) is 0 Å². The van der Waals surface area contributed by atoms with Crippen molar-refractivity contribution in [1.82, 2.24) is 4.90 Å². The molecule has 2 N–H and O–H groups in total. The summed E-state index contributed by atoms with van der Waals surface area (Å²) < 4.78 is 10.6. The number of carbonyl (C=O) groups is 1. The molecule has 112 valence electrons. The first-order valence-corrected chi connectivity index (χ1v) is 6.53. The van der Waals surface area contributed by atoms with Crippen molar-refractivity contribution in [1.29, 1.82) is 0 Å². The Morgan fingerprint density at radius 2 is 2.10 bits per heavy atom. The highest BCUT2D eigenvalue weighted by Gasteiger charge is 2.19. The molecule has 0 aliphatic carbocycles. The van der Waals surface area contributed by atoms with Gasteiger partial charge in [0.1, 0.15) is 0 Å². The summed E-state index contributed by atoms with van der Waals surface area (Å²) in [5, 5.41) is 0. The average Bonchev–Trinajstić information content (AvgIpc) is 2.90. The highest BCUT2D eigenvalue weighted by atomic mass is 35.5. The summed E-state index contributed by atoms with van der Waals surface area (Å²) in [6, 6.07) is 5.75. The first kappa shape index (κ1) is 16.6. The van der Waals surface area contributed by atoms with E-state index in [4.69, 9.17) is 15.2 Å². The maximum absolute atomic E-state index is 12.1. The molecule has 1 aromatic rings. The van der Waals surface area contributed by atoms with Gasteiger partial charge in [0.15, 0.2) is 11.5 Å². The van der Waals surface area contributed by atoms with E-state index in [0.717, 1.165) is 17.1 Å². The molecule has 0 aromatic heterocycles. The molecule has 0 bridgehead atoms. The zero-order valence-corrected chi connectivity index (χ0v) is 12.6. The van der Waals surface area contributed by atoms with Crippen molar-refractivity contribution in [3.8, 4) is 11.5 Å². The molecule has 0 radical (unpaired) electrons. The molecule has 2 rings (SSSR count). The lowest BCUT2D eigenvalue weighted by atomic mass is 10.1. The van der Waals surface area contributed by atoms with E-state index in [-0.39, 0.29) is 31.0 Å². The highest BCUT2D eigenvalue weighted by molar-refractivity contribution is 5.85. The van der Waals surface area contributed by atoms with Gasteiger partial charge in [-0.05, 0) is 24.6 Å². The number of ether oxygens (including phenoxy) is 2. The predicted molar refractivity (Wildman–Crippen MR) is 79.1 cm³/mol. The molecular weight excluding hydrogens is 280 g/mol. The zero-order valence-electron chi connectivity index (χ0n) is 11.8. The van der Waals surface area contributed by atoms with Gasteiger partial charge < -0.3 is 20.1 Å². The van der Waals surface area contributed by atoms with Crippen LogP contribution in [-0.4, -0.2) is 30.7 Å². The van der Waals surface area contributed by atoms with Crippen molar-refractivity contribution in [2.45, 2.75) is 20.4 Å². The van der Waals surface area contributed by atoms with Crippen molar-refractivity contribution >= 4 is 18.3 Å². The molecule has 6 heteroatoms.